The molecule has 2 heterocycles. The molecule has 0 amide bonds. The van der Waals surface area contributed by atoms with Crippen molar-refractivity contribution in [2.24, 2.45) is 17.1 Å². The van der Waals surface area contributed by atoms with E-state index in [-0.39, 0.29) is 0 Å². The van der Waals surface area contributed by atoms with Gasteiger partial charge < -0.3 is 10.6 Å². The summed E-state index contributed by atoms with van der Waals surface area (Å²) < 4.78 is 0. The molecule has 0 saturated carbocycles. The highest BCUT2D eigenvalue weighted by Gasteiger charge is 2.27. The van der Waals surface area contributed by atoms with Gasteiger partial charge in [0.15, 0.2) is 0 Å². The highest BCUT2D eigenvalue weighted by Crippen LogP contribution is 2.34. The Morgan fingerprint density at radius 3 is 2.74 bits per heavy atom. The van der Waals surface area contributed by atoms with E-state index in [4.69, 9.17) is 5.73 Å². The Morgan fingerprint density at radius 2 is 2.05 bits per heavy atom. The Kier molecular flexibility index (Phi) is 4.40. The van der Waals surface area contributed by atoms with Gasteiger partial charge in [0.25, 0.3) is 0 Å². The van der Waals surface area contributed by atoms with Crippen LogP contribution in [-0.2, 0) is 6.54 Å². The summed E-state index contributed by atoms with van der Waals surface area (Å²) in [7, 11) is 0. The summed E-state index contributed by atoms with van der Waals surface area (Å²) in [6, 6.07) is 0. The fraction of sp³-hybridized carbons (Fsp3) is 0.733. The van der Waals surface area contributed by atoms with Gasteiger partial charge in [0.2, 0.25) is 0 Å². The molecule has 1 atom stereocenters. The van der Waals surface area contributed by atoms with E-state index in [1.807, 2.05) is 6.20 Å². The number of nitrogens with zero attached hydrogens (tertiary/aromatic N) is 3. The lowest BCUT2D eigenvalue weighted by Crippen LogP contribution is -2.27. The third-order valence-electron chi connectivity index (χ3n) is 4.16. The first-order valence-electron chi connectivity index (χ1n) is 7.26. The quantitative estimate of drug-likeness (QED) is 0.890. The molecule has 0 aromatic carbocycles. The van der Waals surface area contributed by atoms with E-state index in [2.05, 4.69) is 35.6 Å². The van der Waals surface area contributed by atoms with Gasteiger partial charge in [0.1, 0.15) is 5.82 Å². The summed E-state index contributed by atoms with van der Waals surface area (Å²) >= 11 is 0. The maximum Gasteiger partial charge on any atom is 0.147 e. The number of anilines is 1. The molecule has 1 aromatic heterocycles. The zero-order valence-corrected chi connectivity index (χ0v) is 12.4. The summed E-state index contributed by atoms with van der Waals surface area (Å²) in [5, 5.41) is 0. The van der Waals surface area contributed by atoms with Gasteiger partial charge >= 0.3 is 0 Å². The zero-order chi connectivity index (χ0) is 13.9. The van der Waals surface area contributed by atoms with Crippen LogP contribution in [0.25, 0.3) is 0 Å². The summed E-state index contributed by atoms with van der Waals surface area (Å²) in [6.07, 6.45) is 7.38. The number of nitrogens with two attached hydrogens (primary N) is 1. The average molecular weight is 262 g/mol. The van der Waals surface area contributed by atoms with Crippen molar-refractivity contribution in [3.63, 3.8) is 0 Å². The first kappa shape index (κ1) is 14.3. The SMILES string of the molecule is CC(C)(C)C1CCCN(c2cncc(CN)n2)CC1. The van der Waals surface area contributed by atoms with E-state index >= 15 is 0 Å². The van der Waals surface area contributed by atoms with E-state index in [0.29, 0.717) is 12.0 Å². The number of aromatic nitrogens is 2. The molecule has 4 heteroatoms. The standard InChI is InChI=1S/C15H26N4/c1-15(2,3)12-5-4-7-19(8-6-12)14-11-17-10-13(9-16)18-14/h10-12H,4-9,16H2,1-3H3. The summed E-state index contributed by atoms with van der Waals surface area (Å²) in [6.45, 7) is 9.66. The van der Waals surface area contributed by atoms with Gasteiger partial charge in [-0.3, -0.25) is 4.98 Å². The van der Waals surface area contributed by atoms with E-state index in [9.17, 15) is 0 Å². The lowest BCUT2D eigenvalue weighted by molar-refractivity contribution is 0.220. The minimum Gasteiger partial charge on any atom is -0.355 e. The van der Waals surface area contributed by atoms with Gasteiger partial charge in [0, 0.05) is 25.8 Å². The molecular weight excluding hydrogens is 236 g/mol. The molecule has 19 heavy (non-hydrogen) atoms. The molecular formula is C15H26N4. The third-order valence-corrected chi connectivity index (χ3v) is 4.16. The van der Waals surface area contributed by atoms with Crippen LogP contribution in [0.15, 0.2) is 12.4 Å². The molecule has 1 unspecified atom stereocenters. The second kappa shape index (κ2) is 5.87. The lowest BCUT2D eigenvalue weighted by Gasteiger charge is -2.29. The molecule has 1 aliphatic heterocycles. The second-order valence-corrected chi connectivity index (χ2v) is 6.55. The van der Waals surface area contributed by atoms with Crippen LogP contribution in [0, 0.1) is 11.3 Å². The first-order valence-corrected chi connectivity index (χ1v) is 7.26. The average Bonchev–Trinajstić information content (AvgIpc) is 2.64. The van der Waals surface area contributed by atoms with Crippen LogP contribution in [0.4, 0.5) is 5.82 Å². The second-order valence-electron chi connectivity index (χ2n) is 6.55. The number of rotatable bonds is 2. The normalized spacial score (nSPS) is 21.3. The summed E-state index contributed by atoms with van der Waals surface area (Å²) in [5.74, 6) is 1.78. The van der Waals surface area contributed by atoms with Crippen molar-refractivity contribution in [2.75, 3.05) is 18.0 Å². The fourth-order valence-electron chi connectivity index (χ4n) is 2.84. The molecule has 1 aromatic rings. The first-order chi connectivity index (χ1) is 9.00. The Morgan fingerprint density at radius 1 is 1.26 bits per heavy atom. The molecule has 4 nitrogen and oxygen atoms in total. The molecule has 1 saturated heterocycles. The van der Waals surface area contributed by atoms with Crippen molar-refractivity contribution in [1.29, 1.82) is 0 Å². The Hall–Kier alpha value is -1.16. The van der Waals surface area contributed by atoms with Crippen LogP contribution < -0.4 is 10.6 Å². The van der Waals surface area contributed by atoms with Crippen molar-refractivity contribution in [2.45, 2.75) is 46.6 Å². The van der Waals surface area contributed by atoms with Crippen LogP contribution in [0.3, 0.4) is 0 Å². The smallest absolute Gasteiger partial charge is 0.147 e. The monoisotopic (exact) mass is 262 g/mol. The van der Waals surface area contributed by atoms with E-state index in [1.54, 1.807) is 6.20 Å². The van der Waals surface area contributed by atoms with E-state index in [0.717, 1.165) is 30.5 Å². The van der Waals surface area contributed by atoms with Crippen LogP contribution in [-0.4, -0.2) is 23.1 Å². The Balaban J connectivity index is 2.06. The van der Waals surface area contributed by atoms with Crippen LogP contribution in [0.2, 0.25) is 0 Å². The van der Waals surface area contributed by atoms with Gasteiger partial charge in [-0.1, -0.05) is 20.8 Å². The van der Waals surface area contributed by atoms with Crippen molar-refractivity contribution >= 4 is 5.82 Å². The van der Waals surface area contributed by atoms with E-state index in [1.165, 1.54) is 19.3 Å². The zero-order valence-electron chi connectivity index (χ0n) is 12.4. The van der Waals surface area contributed by atoms with E-state index < -0.39 is 0 Å². The highest BCUT2D eigenvalue weighted by atomic mass is 15.2. The fourth-order valence-corrected chi connectivity index (χ4v) is 2.84. The van der Waals surface area contributed by atoms with Crippen molar-refractivity contribution in [3.8, 4) is 0 Å². The van der Waals surface area contributed by atoms with Crippen LogP contribution in [0.5, 0.6) is 0 Å². The van der Waals surface area contributed by atoms with Gasteiger partial charge in [-0.15, -0.1) is 0 Å². The largest absolute Gasteiger partial charge is 0.355 e. The van der Waals surface area contributed by atoms with Crippen LogP contribution >= 0.6 is 0 Å². The Bertz CT molecular complexity index is 411. The molecule has 0 bridgehead atoms. The molecule has 0 spiro atoms. The minimum atomic E-state index is 0.404. The predicted octanol–water partition coefficient (Wildman–Crippen LogP) is 2.59. The molecule has 106 valence electrons. The predicted molar refractivity (Wildman–Crippen MR) is 78.9 cm³/mol. The van der Waals surface area contributed by atoms with Gasteiger partial charge in [-0.25, -0.2) is 4.98 Å². The Labute approximate surface area is 116 Å². The molecule has 2 N–H and O–H groups in total. The lowest BCUT2D eigenvalue weighted by atomic mass is 9.77. The highest BCUT2D eigenvalue weighted by molar-refractivity contribution is 5.36. The molecule has 2 rings (SSSR count). The van der Waals surface area contributed by atoms with Crippen LogP contribution in [0.1, 0.15) is 45.7 Å². The topological polar surface area (TPSA) is 55.0 Å². The van der Waals surface area contributed by atoms with Crippen molar-refractivity contribution in [3.05, 3.63) is 18.1 Å². The van der Waals surface area contributed by atoms with Crippen molar-refractivity contribution in [1.82, 2.24) is 9.97 Å². The molecule has 0 radical (unpaired) electrons. The third kappa shape index (κ3) is 3.66. The molecule has 1 fully saturated rings. The number of hydrogen-bond donors (Lipinski definition) is 1. The molecule has 1 aliphatic rings. The minimum absolute atomic E-state index is 0.404. The van der Waals surface area contributed by atoms with Gasteiger partial charge in [-0.2, -0.15) is 0 Å². The van der Waals surface area contributed by atoms with Gasteiger partial charge in [-0.05, 0) is 30.6 Å². The summed E-state index contributed by atoms with van der Waals surface area (Å²) in [5.41, 5.74) is 6.91. The summed E-state index contributed by atoms with van der Waals surface area (Å²) in [4.78, 5) is 11.2. The number of hydrogen-bond acceptors (Lipinski definition) is 4. The van der Waals surface area contributed by atoms with Gasteiger partial charge in [0.05, 0.1) is 11.9 Å². The molecule has 0 aliphatic carbocycles. The maximum atomic E-state index is 5.64. The maximum absolute atomic E-state index is 5.64. The van der Waals surface area contributed by atoms with Crippen molar-refractivity contribution < 1.29 is 0 Å².